The number of nitrogens with two attached hydrogens (primary N) is 1. The van der Waals surface area contributed by atoms with Gasteiger partial charge in [0.05, 0.1) is 0 Å². The van der Waals surface area contributed by atoms with Crippen molar-refractivity contribution in [2.24, 2.45) is 5.73 Å². The Morgan fingerprint density at radius 3 is 2.94 bits per heavy atom. The van der Waals surface area contributed by atoms with Gasteiger partial charge in [-0.05, 0) is 35.3 Å². The Kier molecular flexibility index (Phi) is 4.09. The van der Waals surface area contributed by atoms with E-state index in [1.165, 1.54) is 35.4 Å². The molecule has 1 aromatic heterocycles. The first kappa shape index (κ1) is 12.5. The molecule has 0 aliphatic rings. The highest BCUT2D eigenvalue weighted by molar-refractivity contribution is 8.01. The smallest absolute Gasteiger partial charge is 0.174 e. The Morgan fingerprint density at radius 2 is 2.29 bits per heavy atom. The first-order chi connectivity index (χ1) is 8.22. The van der Waals surface area contributed by atoms with E-state index in [0.29, 0.717) is 6.54 Å². The highest BCUT2D eigenvalue weighted by Crippen LogP contribution is 2.31. The predicted molar refractivity (Wildman–Crippen MR) is 67.7 cm³/mol. The molecule has 0 radical (unpaired) electrons. The van der Waals surface area contributed by atoms with Crippen molar-refractivity contribution in [2.75, 3.05) is 0 Å². The van der Waals surface area contributed by atoms with Crippen LogP contribution in [0.4, 0.5) is 4.39 Å². The molecular weight excluding hydrogens is 257 g/mol. The highest BCUT2D eigenvalue weighted by Gasteiger charge is 2.08. The van der Waals surface area contributed by atoms with Crippen molar-refractivity contribution in [1.82, 2.24) is 9.36 Å². The third kappa shape index (κ3) is 3.02. The van der Waals surface area contributed by atoms with Crippen molar-refractivity contribution < 1.29 is 4.39 Å². The van der Waals surface area contributed by atoms with Crippen LogP contribution in [0.3, 0.4) is 0 Å². The van der Waals surface area contributed by atoms with Crippen LogP contribution < -0.4 is 5.73 Å². The van der Waals surface area contributed by atoms with Crippen LogP contribution in [0.2, 0.25) is 0 Å². The summed E-state index contributed by atoms with van der Waals surface area (Å²) in [6, 6.07) is 4.63. The van der Waals surface area contributed by atoms with E-state index >= 15 is 0 Å². The van der Waals surface area contributed by atoms with Crippen LogP contribution in [0.15, 0.2) is 27.4 Å². The molecule has 0 unspecified atom stereocenters. The first-order valence-electron chi connectivity index (χ1n) is 5.22. The van der Waals surface area contributed by atoms with Gasteiger partial charge in [0.25, 0.3) is 0 Å². The van der Waals surface area contributed by atoms with Crippen molar-refractivity contribution in [3.63, 3.8) is 0 Å². The van der Waals surface area contributed by atoms with Crippen LogP contribution in [-0.4, -0.2) is 9.36 Å². The molecule has 0 spiro atoms. The molecule has 0 saturated carbocycles. The fourth-order valence-electron chi connectivity index (χ4n) is 1.32. The number of nitrogens with zero attached hydrogens (tertiary/aromatic N) is 2. The number of hydrogen-bond donors (Lipinski definition) is 1. The van der Waals surface area contributed by atoms with Gasteiger partial charge in [0.2, 0.25) is 0 Å². The Balaban J connectivity index is 2.23. The minimum Gasteiger partial charge on any atom is -0.326 e. The van der Waals surface area contributed by atoms with E-state index in [1.54, 1.807) is 6.07 Å². The zero-order valence-corrected chi connectivity index (χ0v) is 10.9. The lowest BCUT2D eigenvalue weighted by atomic mass is 10.2. The van der Waals surface area contributed by atoms with Gasteiger partial charge in [-0.3, -0.25) is 0 Å². The molecule has 0 fully saturated rings. The maximum atomic E-state index is 13.0. The Bertz CT molecular complexity index is 513. The van der Waals surface area contributed by atoms with Crippen LogP contribution in [0.1, 0.15) is 18.3 Å². The zero-order valence-electron chi connectivity index (χ0n) is 9.31. The molecule has 0 aliphatic heterocycles. The van der Waals surface area contributed by atoms with Crippen LogP contribution >= 0.6 is 23.3 Å². The van der Waals surface area contributed by atoms with Crippen LogP contribution in [0.5, 0.6) is 0 Å². The monoisotopic (exact) mass is 269 g/mol. The normalized spacial score (nSPS) is 10.8. The molecule has 0 saturated heterocycles. The Labute approximate surface area is 107 Å². The molecule has 0 amide bonds. The van der Waals surface area contributed by atoms with Crippen molar-refractivity contribution in [3.8, 4) is 0 Å². The van der Waals surface area contributed by atoms with Crippen LogP contribution in [0.25, 0.3) is 0 Å². The van der Waals surface area contributed by atoms with Crippen LogP contribution in [0, 0.1) is 5.82 Å². The van der Waals surface area contributed by atoms with E-state index in [-0.39, 0.29) is 5.82 Å². The third-order valence-electron chi connectivity index (χ3n) is 2.21. The minimum absolute atomic E-state index is 0.263. The lowest BCUT2D eigenvalue weighted by Crippen LogP contribution is -1.98. The second-order valence-electron chi connectivity index (χ2n) is 3.39. The standard InChI is InChI=1S/C11H12FN3S2/c1-2-10-14-11(17-15-10)16-9-4-3-8(12)5-7(9)6-13/h3-5H,2,6,13H2,1H3. The average Bonchev–Trinajstić information content (AvgIpc) is 2.79. The van der Waals surface area contributed by atoms with Gasteiger partial charge in [-0.2, -0.15) is 4.37 Å². The molecule has 2 rings (SSSR count). The molecule has 1 heterocycles. The molecule has 0 atom stereocenters. The number of aryl methyl sites for hydroxylation is 1. The van der Waals surface area contributed by atoms with Crippen molar-refractivity contribution >= 4 is 23.3 Å². The summed E-state index contributed by atoms with van der Waals surface area (Å²) in [5, 5.41) is 0. The number of rotatable bonds is 4. The molecule has 2 N–H and O–H groups in total. The summed E-state index contributed by atoms with van der Waals surface area (Å²) < 4.78 is 18.1. The fourth-order valence-corrected chi connectivity index (χ4v) is 3.10. The summed E-state index contributed by atoms with van der Waals surface area (Å²) in [6.45, 7) is 2.33. The summed E-state index contributed by atoms with van der Waals surface area (Å²) in [5.41, 5.74) is 6.39. The van der Waals surface area contributed by atoms with E-state index in [1.807, 2.05) is 6.92 Å². The molecule has 90 valence electrons. The topological polar surface area (TPSA) is 51.8 Å². The largest absolute Gasteiger partial charge is 0.326 e. The summed E-state index contributed by atoms with van der Waals surface area (Å²) in [4.78, 5) is 5.30. The third-order valence-corrected chi connectivity index (χ3v) is 4.11. The van der Waals surface area contributed by atoms with E-state index in [0.717, 1.165) is 27.0 Å². The zero-order chi connectivity index (χ0) is 12.3. The number of benzene rings is 1. The molecule has 6 heteroatoms. The van der Waals surface area contributed by atoms with E-state index in [9.17, 15) is 4.39 Å². The second kappa shape index (κ2) is 5.57. The van der Waals surface area contributed by atoms with Gasteiger partial charge in [-0.1, -0.05) is 18.7 Å². The van der Waals surface area contributed by atoms with Gasteiger partial charge in [-0.25, -0.2) is 9.37 Å². The predicted octanol–water partition coefficient (Wildman–Crippen LogP) is 2.85. The molecule has 0 bridgehead atoms. The Hall–Kier alpha value is -0.980. The summed E-state index contributed by atoms with van der Waals surface area (Å²) in [5.74, 6) is 0.579. The van der Waals surface area contributed by atoms with Gasteiger partial charge >= 0.3 is 0 Å². The summed E-state index contributed by atoms with van der Waals surface area (Å²) >= 11 is 2.84. The van der Waals surface area contributed by atoms with E-state index in [4.69, 9.17) is 5.73 Å². The molecule has 3 nitrogen and oxygen atoms in total. The average molecular weight is 269 g/mol. The van der Waals surface area contributed by atoms with Crippen LogP contribution in [-0.2, 0) is 13.0 Å². The summed E-state index contributed by atoms with van der Waals surface area (Å²) in [6.07, 6.45) is 0.824. The SMILES string of the molecule is CCc1nsc(Sc2ccc(F)cc2CN)n1. The molecule has 2 aromatic rings. The van der Waals surface area contributed by atoms with Gasteiger partial charge in [0.15, 0.2) is 4.34 Å². The highest BCUT2D eigenvalue weighted by atomic mass is 32.2. The van der Waals surface area contributed by atoms with Crippen molar-refractivity contribution in [2.45, 2.75) is 29.1 Å². The fraction of sp³-hybridized carbons (Fsp3) is 0.273. The summed E-state index contributed by atoms with van der Waals surface area (Å²) in [7, 11) is 0. The lowest BCUT2D eigenvalue weighted by Gasteiger charge is -2.04. The minimum atomic E-state index is -0.263. The second-order valence-corrected chi connectivity index (χ2v) is 5.43. The Morgan fingerprint density at radius 1 is 1.47 bits per heavy atom. The van der Waals surface area contributed by atoms with Crippen molar-refractivity contribution in [1.29, 1.82) is 0 Å². The first-order valence-corrected chi connectivity index (χ1v) is 6.81. The van der Waals surface area contributed by atoms with Gasteiger partial charge in [-0.15, -0.1) is 0 Å². The van der Waals surface area contributed by atoms with Crippen molar-refractivity contribution in [3.05, 3.63) is 35.4 Å². The van der Waals surface area contributed by atoms with Gasteiger partial charge in [0.1, 0.15) is 11.6 Å². The van der Waals surface area contributed by atoms with Gasteiger partial charge < -0.3 is 5.73 Å². The number of aromatic nitrogens is 2. The maximum absolute atomic E-state index is 13.0. The maximum Gasteiger partial charge on any atom is 0.174 e. The lowest BCUT2D eigenvalue weighted by molar-refractivity contribution is 0.623. The molecule has 17 heavy (non-hydrogen) atoms. The van der Waals surface area contributed by atoms with Gasteiger partial charge in [0, 0.05) is 17.9 Å². The van der Waals surface area contributed by atoms with E-state index in [2.05, 4.69) is 9.36 Å². The molecule has 1 aromatic carbocycles. The number of hydrogen-bond acceptors (Lipinski definition) is 5. The van der Waals surface area contributed by atoms with E-state index < -0.39 is 0 Å². The quantitative estimate of drug-likeness (QED) is 0.927. The number of halogens is 1. The molecular formula is C11H12FN3S2. The molecule has 0 aliphatic carbocycles.